The van der Waals surface area contributed by atoms with Crippen molar-refractivity contribution in [1.29, 1.82) is 0 Å². The van der Waals surface area contributed by atoms with Crippen LogP contribution in [0.4, 0.5) is 32.0 Å². The van der Waals surface area contributed by atoms with Gasteiger partial charge in [-0.1, -0.05) is 43.3 Å². The summed E-state index contributed by atoms with van der Waals surface area (Å²) in [7, 11) is 0. The van der Waals surface area contributed by atoms with Crippen LogP contribution >= 0.6 is 15.9 Å². The van der Waals surface area contributed by atoms with Crippen molar-refractivity contribution in [3.63, 3.8) is 0 Å². The fourth-order valence-electron chi connectivity index (χ4n) is 5.67. The van der Waals surface area contributed by atoms with Crippen LogP contribution in [0.25, 0.3) is 21.8 Å². The van der Waals surface area contributed by atoms with Crippen LogP contribution < -0.4 is 10.2 Å². The second kappa shape index (κ2) is 15.7. The zero-order valence-corrected chi connectivity index (χ0v) is 26.3. The number of aromatic nitrogens is 2. The molecule has 6 rings (SSSR count). The number of pyridine rings is 2. The van der Waals surface area contributed by atoms with E-state index in [0.29, 0.717) is 46.4 Å². The Bertz CT molecular complexity index is 1570. The van der Waals surface area contributed by atoms with Crippen molar-refractivity contribution in [3.8, 4) is 0 Å². The summed E-state index contributed by atoms with van der Waals surface area (Å²) in [5, 5.41) is 23.0. The number of halogens is 7. The minimum absolute atomic E-state index is 0. The van der Waals surface area contributed by atoms with Gasteiger partial charge >= 0.3 is 12.4 Å². The second-order valence-electron chi connectivity index (χ2n) is 11.6. The van der Waals surface area contributed by atoms with Gasteiger partial charge in [0.2, 0.25) is 0 Å². The molecule has 2 aromatic heterocycles. The molecule has 4 aromatic rings. The van der Waals surface area contributed by atoms with E-state index in [2.05, 4.69) is 38.1 Å². The van der Waals surface area contributed by atoms with Crippen LogP contribution in [0.3, 0.4) is 0 Å². The van der Waals surface area contributed by atoms with Gasteiger partial charge in [0.25, 0.3) is 0 Å². The first-order valence-corrected chi connectivity index (χ1v) is 15.3. The highest BCUT2D eigenvalue weighted by molar-refractivity contribution is 9.10. The Labute approximate surface area is 273 Å². The van der Waals surface area contributed by atoms with Crippen molar-refractivity contribution in [2.24, 2.45) is 11.8 Å². The summed E-state index contributed by atoms with van der Waals surface area (Å²) in [5.41, 5.74) is -0.806. The third-order valence-corrected chi connectivity index (χ3v) is 8.29. The first kappa shape index (κ1) is 37.5. The van der Waals surface area contributed by atoms with Crippen LogP contribution in [-0.2, 0) is 12.4 Å². The number of fused-ring (bicyclic) bond motifs is 2. The minimum Gasteiger partial charge on any atom is -0.392 e. The molecule has 6 nitrogen and oxygen atoms in total. The van der Waals surface area contributed by atoms with Gasteiger partial charge in [0, 0.05) is 53.0 Å². The fourth-order valence-corrected chi connectivity index (χ4v) is 6.12. The molecular weight excluding hydrogens is 678 g/mol. The van der Waals surface area contributed by atoms with Crippen molar-refractivity contribution >= 4 is 43.4 Å². The number of alkyl halides is 6. The summed E-state index contributed by atoms with van der Waals surface area (Å²) in [6.45, 7) is 7.17. The molecule has 0 amide bonds. The number of benzene rings is 2. The lowest BCUT2D eigenvalue weighted by atomic mass is 9.96. The van der Waals surface area contributed by atoms with Crippen molar-refractivity contribution in [1.82, 2.24) is 15.3 Å². The van der Waals surface area contributed by atoms with Crippen molar-refractivity contribution < 1.29 is 36.6 Å². The summed E-state index contributed by atoms with van der Waals surface area (Å²) in [5.74, 6) is 0.941. The number of piperidine rings is 2. The molecule has 0 radical (unpaired) electrons. The zero-order valence-electron chi connectivity index (χ0n) is 24.7. The Morgan fingerprint density at radius 3 is 1.80 bits per heavy atom. The summed E-state index contributed by atoms with van der Waals surface area (Å²) < 4.78 is 77.8. The number of nitrogens with zero attached hydrogens (tertiary/aromatic N) is 3. The lowest BCUT2D eigenvalue weighted by Crippen LogP contribution is -2.42. The average molecular weight is 718 g/mol. The number of hydrogen-bond donors (Lipinski definition) is 3. The van der Waals surface area contributed by atoms with Crippen molar-refractivity contribution in [2.45, 2.75) is 58.7 Å². The Morgan fingerprint density at radius 2 is 1.28 bits per heavy atom. The van der Waals surface area contributed by atoms with E-state index in [1.807, 2.05) is 11.8 Å². The Balaban J connectivity index is 0.000000207. The molecule has 4 atom stereocenters. The smallest absolute Gasteiger partial charge is 0.392 e. The molecule has 2 aliphatic rings. The number of rotatable bonds is 1. The second-order valence-corrected chi connectivity index (χ2v) is 12.4. The van der Waals surface area contributed by atoms with Gasteiger partial charge in [0.15, 0.2) is 0 Å². The molecule has 2 unspecified atom stereocenters. The molecule has 13 heteroatoms. The van der Waals surface area contributed by atoms with Crippen molar-refractivity contribution in [3.05, 3.63) is 76.5 Å². The van der Waals surface area contributed by atoms with Crippen LogP contribution in [0.15, 0.2) is 65.4 Å². The normalized spacial score (nSPS) is 21.8. The maximum Gasteiger partial charge on any atom is 0.418 e. The van der Waals surface area contributed by atoms with Crippen LogP contribution in [-0.4, -0.2) is 58.6 Å². The van der Waals surface area contributed by atoms with E-state index in [1.54, 1.807) is 24.3 Å². The standard InChI is InChI=1S/C16H17F3N2O.C10H5BrF3N.C6H13NO.CH4/c1-10-7-11(22)9-21(8-10)14-5-4-13(16(17,18)19)15-12(14)3-2-6-20-15;11-8-4-3-7(10(12,13)14)9-6(8)2-1-5-15-9;1-5-2-6(8)4-7-3-5;/h2-6,10-11,22H,7-9H2,1H3;1-5H;5-8H,2-4H2,1H3;1H4/t10-,11+;;;/m0.../s1. The quantitative estimate of drug-likeness (QED) is 0.173. The molecule has 252 valence electrons. The molecule has 0 aliphatic carbocycles. The van der Waals surface area contributed by atoms with E-state index >= 15 is 0 Å². The predicted molar refractivity (Wildman–Crippen MR) is 173 cm³/mol. The maximum absolute atomic E-state index is 13.1. The molecule has 0 bridgehead atoms. The van der Waals surface area contributed by atoms with E-state index in [4.69, 9.17) is 5.11 Å². The lowest BCUT2D eigenvalue weighted by molar-refractivity contribution is -0.137. The largest absolute Gasteiger partial charge is 0.418 e. The van der Waals surface area contributed by atoms with Gasteiger partial charge in [-0.15, -0.1) is 0 Å². The van der Waals surface area contributed by atoms with Gasteiger partial charge in [0.05, 0.1) is 34.4 Å². The maximum atomic E-state index is 13.1. The Morgan fingerprint density at radius 1 is 0.739 bits per heavy atom. The number of anilines is 1. The SMILES string of the molecule is C.CC1CNCC(O)C1.C[C@H]1C[C@@H](O)CN(c2ccc(C(F)(F)F)c3ncccc23)C1.FC(F)(F)c1ccc(Br)c2cccnc12. The molecule has 2 saturated heterocycles. The molecule has 3 N–H and O–H groups in total. The minimum atomic E-state index is -4.43. The first-order valence-electron chi connectivity index (χ1n) is 14.5. The van der Waals surface area contributed by atoms with E-state index in [1.165, 1.54) is 24.5 Å². The topological polar surface area (TPSA) is 81.5 Å². The lowest BCUT2D eigenvalue weighted by Gasteiger charge is -2.36. The summed E-state index contributed by atoms with van der Waals surface area (Å²) in [6, 6.07) is 11.5. The van der Waals surface area contributed by atoms with Gasteiger partial charge in [0.1, 0.15) is 0 Å². The first-order chi connectivity index (χ1) is 21.1. The molecular formula is C33H39BrF6N4O2. The average Bonchev–Trinajstić information content (AvgIpc) is 2.96. The van der Waals surface area contributed by atoms with Gasteiger partial charge in [-0.25, -0.2) is 0 Å². The summed E-state index contributed by atoms with van der Waals surface area (Å²) in [6.07, 6.45) is -4.96. The third-order valence-electron chi connectivity index (χ3n) is 7.60. The number of β-amino-alcohol motifs (C(OH)–C–C–N with tert-alkyl or cyclic N) is 2. The van der Waals surface area contributed by atoms with Crippen LogP contribution in [0, 0.1) is 11.8 Å². The Kier molecular flexibility index (Phi) is 12.8. The molecule has 0 spiro atoms. The van der Waals surface area contributed by atoms with E-state index in [9.17, 15) is 31.4 Å². The predicted octanol–water partition coefficient (Wildman–Crippen LogP) is 8.09. The summed E-state index contributed by atoms with van der Waals surface area (Å²) >= 11 is 3.19. The van der Waals surface area contributed by atoms with Gasteiger partial charge in [-0.3, -0.25) is 9.97 Å². The van der Waals surface area contributed by atoms with E-state index in [0.717, 1.165) is 31.6 Å². The van der Waals surface area contributed by atoms with E-state index in [-0.39, 0.29) is 30.5 Å². The highest BCUT2D eigenvalue weighted by Crippen LogP contribution is 2.39. The number of aliphatic hydroxyl groups is 2. The summed E-state index contributed by atoms with van der Waals surface area (Å²) in [4.78, 5) is 9.64. The van der Waals surface area contributed by atoms with Crippen molar-refractivity contribution in [2.75, 3.05) is 31.1 Å². The Hall–Kier alpha value is -3.00. The van der Waals surface area contributed by atoms with Crippen LogP contribution in [0.2, 0.25) is 0 Å². The van der Waals surface area contributed by atoms with E-state index < -0.39 is 29.6 Å². The molecule has 2 aromatic carbocycles. The van der Waals surface area contributed by atoms with Gasteiger partial charge < -0.3 is 20.4 Å². The number of nitrogens with one attached hydrogen (secondary N) is 1. The third kappa shape index (κ3) is 9.52. The van der Waals surface area contributed by atoms with Crippen LogP contribution in [0.1, 0.15) is 45.2 Å². The highest BCUT2D eigenvalue weighted by atomic mass is 79.9. The number of aliphatic hydroxyl groups excluding tert-OH is 2. The molecule has 4 heterocycles. The molecule has 0 saturated carbocycles. The van der Waals surface area contributed by atoms with Gasteiger partial charge in [-0.05, 0) is 73.7 Å². The molecule has 2 fully saturated rings. The zero-order chi connectivity index (χ0) is 32.9. The van der Waals surface area contributed by atoms with Gasteiger partial charge in [-0.2, -0.15) is 26.3 Å². The molecule has 2 aliphatic heterocycles. The molecule has 46 heavy (non-hydrogen) atoms. The number of hydrogen-bond acceptors (Lipinski definition) is 6. The highest BCUT2D eigenvalue weighted by Gasteiger charge is 2.35. The van der Waals surface area contributed by atoms with Crippen LogP contribution in [0.5, 0.6) is 0 Å². The monoisotopic (exact) mass is 716 g/mol. The fraction of sp³-hybridized carbons (Fsp3) is 0.455.